The average Bonchev–Trinajstić information content (AvgIpc) is 2.98. The van der Waals surface area contributed by atoms with Gasteiger partial charge in [0.1, 0.15) is 0 Å². The zero-order valence-corrected chi connectivity index (χ0v) is 14.4. The number of H-pyrrole nitrogens is 1. The van der Waals surface area contributed by atoms with Gasteiger partial charge in [0.25, 0.3) is 0 Å². The molecule has 2 amide bonds. The molecule has 3 fully saturated rings. The van der Waals surface area contributed by atoms with Gasteiger partial charge in [0.15, 0.2) is 0 Å². The number of amides is 2. The van der Waals surface area contributed by atoms with Gasteiger partial charge in [0.05, 0.1) is 0 Å². The summed E-state index contributed by atoms with van der Waals surface area (Å²) < 4.78 is 0. The molecule has 0 spiro atoms. The first-order valence-corrected chi connectivity index (χ1v) is 9.09. The Hall–Kier alpha value is -1.72. The molecule has 128 valence electrons. The van der Waals surface area contributed by atoms with Crippen LogP contribution in [0.3, 0.4) is 0 Å². The van der Waals surface area contributed by atoms with E-state index in [4.69, 9.17) is 11.6 Å². The van der Waals surface area contributed by atoms with E-state index in [2.05, 4.69) is 20.5 Å². The molecule has 5 rings (SSSR count). The fraction of sp³-hybridized carbons (Fsp3) is 0.500. The Labute approximate surface area is 146 Å². The molecule has 0 radical (unpaired) electrons. The Morgan fingerprint density at radius 1 is 1.33 bits per heavy atom. The van der Waals surface area contributed by atoms with Crippen LogP contribution in [0.4, 0.5) is 4.79 Å². The van der Waals surface area contributed by atoms with Gasteiger partial charge in [-0.05, 0) is 62.0 Å². The van der Waals surface area contributed by atoms with Gasteiger partial charge in [-0.3, -0.25) is 0 Å². The highest BCUT2D eigenvalue weighted by atomic mass is 35.5. The lowest BCUT2D eigenvalue weighted by Crippen LogP contribution is -2.58. The smallest absolute Gasteiger partial charge is 0.315 e. The molecule has 0 aliphatic carbocycles. The number of carbonyl (C=O) groups is 1. The van der Waals surface area contributed by atoms with E-state index < -0.39 is 0 Å². The maximum Gasteiger partial charge on any atom is 0.315 e. The summed E-state index contributed by atoms with van der Waals surface area (Å²) in [4.78, 5) is 17.9. The molecule has 2 bridgehead atoms. The Bertz CT molecular complexity index is 736. The van der Waals surface area contributed by atoms with Gasteiger partial charge in [-0.15, -0.1) is 0 Å². The molecule has 3 aliphatic heterocycles. The third-order valence-corrected chi connectivity index (χ3v) is 5.62. The third-order valence-electron chi connectivity index (χ3n) is 5.38. The van der Waals surface area contributed by atoms with E-state index in [0.717, 1.165) is 28.9 Å². The van der Waals surface area contributed by atoms with Crippen molar-refractivity contribution < 1.29 is 4.79 Å². The van der Waals surface area contributed by atoms with Crippen molar-refractivity contribution in [3.05, 3.63) is 35.0 Å². The van der Waals surface area contributed by atoms with Crippen molar-refractivity contribution in [3.63, 3.8) is 0 Å². The second-order valence-corrected chi connectivity index (χ2v) is 7.34. The summed E-state index contributed by atoms with van der Waals surface area (Å²) in [6.45, 7) is 3.99. The SMILES string of the molecule is O=C(NCCc1c[nH]c2ccc(Cl)cc12)N[C@@H]1CN2CCC1CC2. The number of aromatic nitrogens is 1. The molecule has 24 heavy (non-hydrogen) atoms. The van der Waals surface area contributed by atoms with Crippen LogP contribution >= 0.6 is 11.6 Å². The van der Waals surface area contributed by atoms with Gasteiger partial charge >= 0.3 is 6.03 Å². The van der Waals surface area contributed by atoms with E-state index >= 15 is 0 Å². The molecule has 1 atom stereocenters. The van der Waals surface area contributed by atoms with Gasteiger partial charge < -0.3 is 20.5 Å². The number of halogens is 1. The summed E-state index contributed by atoms with van der Waals surface area (Å²) in [5.74, 6) is 0.650. The van der Waals surface area contributed by atoms with Gasteiger partial charge in [-0.25, -0.2) is 4.79 Å². The summed E-state index contributed by atoms with van der Waals surface area (Å²) in [6, 6.07) is 6.08. The van der Waals surface area contributed by atoms with Crippen molar-refractivity contribution in [2.45, 2.75) is 25.3 Å². The maximum absolute atomic E-state index is 12.2. The minimum atomic E-state index is -0.0494. The number of nitrogens with one attached hydrogen (secondary N) is 3. The van der Waals surface area contributed by atoms with Crippen LogP contribution in [0.2, 0.25) is 5.02 Å². The van der Waals surface area contributed by atoms with Crippen LogP contribution in [0.1, 0.15) is 18.4 Å². The van der Waals surface area contributed by atoms with Crippen molar-refractivity contribution >= 4 is 28.5 Å². The van der Waals surface area contributed by atoms with Gasteiger partial charge in [0, 0.05) is 41.3 Å². The molecule has 0 unspecified atom stereocenters. The molecule has 1 aromatic carbocycles. The molecule has 3 N–H and O–H groups in total. The highest BCUT2D eigenvalue weighted by Crippen LogP contribution is 2.27. The zero-order chi connectivity index (χ0) is 16.5. The number of aromatic amines is 1. The van der Waals surface area contributed by atoms with Crippen LogP contribution < -0.4 is 10.6 Å². The zero-order valence-electron chi connectivity index (χ0n) is 13.6. The molecule has 5 nitrogen and oxygen atoms in total. The van der Waals surface area contributed by atoms with Crippen LogP contribution in [0.15, 0.2) is 24.4 Å². The molecule has 6 heteroatoms. The number of nitrogens with zero attached hydrogens (tertiary/aromatic N) is 1. The number of rotatable bonds is 4. The minimum Gasteiger partial charge on any atom is -0.361 e. The quantitative estimate of drug-likeness (QED) is 0.797. The van der Waals surface area contributed by atoms with Gasteiger partial charge in [-0.1, -0.05) is 11.6 Å². The van der Waals surface area contributed by atoms with Gasteiger partial charge in [0.2, 0.25) is 0 Å². The standard InChI is InChI=1S/C18H23ClN4O/c19-14-1-2-16-15(9-14)13(10-21-16)3-6-20-18(24)22-17-11-23-7-4-12(17)5-8-23/h1-2,9-10,12,17,21H,3-8,11H2,(H2,20,22,24)/t17-/m1/s1. The van der Waals surface area contributed by atoms with Crippen molar-refractivity contribution in [1.82, 2.24) is 20.5 Å². The Kier molecular flexibility index (Phi) is 4.37. The molecule has 4 heterocycles. The Morgan fingerprint density at radius 3 is 2.92 bits per heavy atom. The van der Waals surface area contributed by atoms with Crippen molar-refractivity contribution in [3.8, 4) is 0 Å². The van der Waals surface area contributed by atoms with Crippen LogP contribution in [0, 0.1) is 5.92 Å². The predicted octanol–water partition coefficient (Wildman–Crippen LogP) is 2.76. The highest BCUT2D eigenvalue weighted by molar-refractivity contribution is 6.31. The van der Waals surface area contributed by atoms with E-state index in [-0.39, 0.29) is 6.03 Å². The molecule has 3 aliphatic rings. The van der Waals surface area contributed by atoms with E-state index in [1.165, 1.54) is 31.5 Å². The number of fused-ring (bicyclic) bond motifs is 4. The second-order valence-electron chi connectivity index (χ2n) is 6.90. The summed E-state index contributed by atoms with van der Waals surface area (Å²) in [5.41, 5.74) is 2.25. The molecule has 0 saturated carbocycles. The maximum atomic E-state index is 12.2. The first-order valence-electron chi connectivity index (χ1n) is 8.71. The van der Waals surface area contributed by atoms with Crippen LogP contribution in [0.25, 0.3) is 10.9 Å². The lowest BCUT2D eigenvalue weighted by molar-refractivity contribution is 0.0766. The monoisotopic (exact) mass is 346 g/mol. The summed E-state index contributed by atoms with van der Waals surface area (Å²) in [5, 5.41) is 8.01. The molecule has 1 aromatic heterocycles. The topological polar surface area (TPSA) is 60.2 Å². The molecular weight excluding hydrogens is 324 g/mol. The number of hydrogen-bond acceptors (Lipinski definition) is 2. The van der Waals surface area contributed by atoms with E-state index in [1.54, 1.807) is 0 Å². The Morgan fingerprint density at radius 2 is 2.17 bits per heavy atom. The lowest BCUT2D eigenvalue weighted by atomic mass is 9.84. The van der Waals surface area contributed by atoms with E-state index in [9.17, 15) is 4.79 Å². The van der Waals surface area contributed by atoms with E-state index in [1.807, 2.05) is 24.4 Å². The largest absolute Gasteiger partial charge is 0.361 e. The van der Waals surface area contributed by atoms with Crippen molar-refractivity contribution in [2.75, 3.05) is 26.2 Å². The molecule has 2 aromatic rings. The minimum absolute atomic E-state index is 0.0494. The Balaban J connectivity index is 1.29. The molecular formula is C18H23ClN4O. The normalized spacial score (nSPS) is 25.8. The molecule has 3 saturated heterocycles. The van der Waals surface area contributed by atoms with Crippen molar-refractivity contribution in [1.29, 1.82) is 0 Å². The summed E-state index contributed by atoms with van der Waals surface area (Å²) in [6.07, 6.45) is 5.20. The predicted molar refractivity (Wildman–Crippen MR) is 96.5 cm³/mol. The number of benzene rings is 1. The van der Waals surface area contributed by atoms with Gasteiger partial charge in [-0.2, -0.15) is 0 Å². The number of piperidine rings is 3. The van der Waals surface area contributed by atoms with E-state index in [0.29, 0.717) is 18.5 Å². The second kappa shape index (κ2) is 6.65. The first-order chi connectivity index (χ1) is 11.7. The van der Waals surface area contributed by atoms with Crippen molar-refractivity contribution in [2.24, 2.45) is 5.92 Å². The fourth-order valence-electron chi connectivity index (χ4n) is 4.02. The van der Waals surface area contributed by atoms with Crippen LogP contribution in [0.5, 0.6) is 0 Å². The van der Waals surface area contributed by atoms with Crippen LogP contribution in [-0.4, -0.2) is 48.1 Å². The lowest BCUT2D eigenvalue weighted by Gasteiger charge is -2.44. The average molecular weight is 347 g/mol. The summed E-state index contributed by atoms with van der Waals surface area (Å²) in [7, 11) is 0. The number of carbonyl (C=O) groups excluding carboxylic acids is 1. The first kappa shape index (κ1) is 15.8. The highest BCUT2D eigenvalue weighted by Gasteiger charge is 2.34. The third kappa shape index (κ3) is 3.23. The van der Waals surface area contributed by atoms with Crippen LogP contribution in [-0.2, 0) is 6.42 Å². The fourth-order valence-corrected chi connectivity index (χ4v) is 4.19. The number of hydrogen-bond donors (Lipinski definition) is 3. The number of urea groups is 1. The summed E-state index contributed by atoms with van der Waals surface area (Å²) >= 11 is 6.07.